The molecule has 5 aromatic rings. The molecule has 0 saturated carbocycles. The van der Waals surface area contributed by atoms with Crippen LogP contribution in [0.15, 0.2) is 72.9 Å². The molecule has 3 N–H and O–H groups in total. The van der Waals surface area contributed by atoms with Crippen molar-refractivity contribution in [1.82, 2.24) is 9.97 Å². The van der Waals surface area contributed by atoms with Crippen molar-refractivity contribution >= 4 is 28.5 Å². The fourth-order valence-corrected chi connectivity index (χ4v) is 5.51. The third-order valence-electron chi connectivity index (χ3n) is 7.04. The molecule has 0 unspecified atom stereocenters. The maximum atomic E-state index is 14.6. The molecule has 0 saturated heterocycles. The molecule has 0 fully saturated rings. The lowest BCUT2D eigenvalue weighted by Gasteiger charge is -2.15. The molecular formula is C31H25FN2O2. The zero-order valence-electron chi connectivity index (χ0n) is 20.0. The van der Waals surface area contributed by atoms with Gasteiger partial charge in [-0.1, -0.05) is 62.4 Å². The monoisotopic (exact) mass is 476 g/mol. The third-order valence-corrected chi connectivity index (χ3v) is 7.04. The molecule has 5 heteroatoms. The lowest BCUT2D eigenvalue weighted by molar-refractivity contribution is 0.0692. The van der Waals surface area contributed by atoms with Gasteiger partial charge in [0.25, 0.3) is 0 Å². The Morgan fingerprint density at radius 3 is 2.56 bits per heavy atom. The normalized spacial score (nSPS) is 12.8. The van der Waals surface area contributed by atoms with Gasteiger partial charge in [-0.05, 0) is 70.0 Å². The number of aromatic amines is 2. The summed E-state index contributed by atoms with van der Waals surface area (Å²) < 4.78 is 14.6. The van der Waals surface area contributed by atoms with E-state index in [0.717, 1.165) is 34.1 Å². The molecule has 3 aromatic carbocycles. The highest BCUT2D eigenvalue weighted by Gasteiger charge is 2.29. The average Bonchev–Trinajstić information content (AvgIpc) is 3.60. The van der Waals surface area contributed by atoms with E-state index in [1.54, 1.807) is 6.20 Å². The van der Waals surface area contributed by atoms with E-state index in [4.69, 9.17) is 0 Å². The van der Waals surface area contributed by atoms with Crippen molar-refractivity contribution in [2.24, 2.45) is 0 Å². The molecule has 2 heterocycles. The van der Waals surface area contributed by atoms with Crippen LogP contribution < -0.4 is 0 Å². The Morgan fingerprint density at radius 2 is 1.81 bits per heavy atom. The van der Waals surface area contributed by atoms with Gasteiger partial charge in [0.15, 0.2) is 0 Å². The molecule has 2 aromatic heterocycles. The van der Waals surface area contributed by atoms with E-state index < -0.39 is 5.97 Å². The number of allylic oxidation sites excluding steroid dienone is 1. The quantitative estimate of drug-likeness (QED) is 0.241. The zero-order chi connectivity index (χ0) is 25.0. The third kappa shape index (κ3) is 3.47. The van der Waals surface area contributed by atoms with Gasteiger partial charge in [-0.3, -0.25) is 0 Å². The fraction of sp³-hybridized carbons (Fsp3) is 0.129. The summed E-state index contributed by atoms with van der Waals surface area (Å²) in [7, 11) is 0. The number of benzene rings is 3. The Hall–Kier alpha value is -4.38. The maximum absolute atomic E-state index is 14.6. The van der Waals surface area contributed by atoms with Crippen LogP contribution in [-0.2, 0) is 6.42 Å². The van der Waals surface area contributed by atoms with Gasteiger partial charge in [0, 0.05) is 28.2 Å². The number of halogens is 1. The maximum Gasteiger partial charge on any atom is 0.352 e. The standard InChI is InChI=1S/C31H25FN2O2/c1-17(2)27-28(23-10-6-9-19-13-20(14-24(19)23)18-7-4-3-5-8-18)30(31(35)36)34-29(27)25-15-21(32)16-26-22(25)11-12-33-26/h3-12,14-17,33-34H,13H2,1-2H3,(H,35,36). The van der Waals surface area contributed by atoms with Gasteiger partial charge in [0.1, 0.15) is 11.5 Å². The van der Waals surface area contributed by atoms with Crippen molar-refractivity contribution < 1.29 is 14.3 Å². The highest BCUT2D eigenvalue weighted by Crippen LogP contribution is 2.45. The number of carbonyl (C=O) groups is 1. The second-order valence-electron chi connectivity index (χ2n) is 9.61. The van der Waals surface area contributed by atoms with Crippen LogP contribution in [0.4, 0.5) is 4.39 Å². The van der Waals surface area contributed by atoms with Crippen LogP contribution in [0.5, 0.6) is 0 Å². The lowest BCUT2D eigenvalue weighted by Crippen LogP contribution is -2.01. The van der Waals surface area contributed by atoms with Gasteiger partial charge in [0.2, 0.25) is 0 Å². The molecule has 36 heavy (non-hydrogen) atoms. The highest BCUT2D eigenvalue weighted by atomic mass is 19.1. The summed E-state index contributed by atoms with van der Waals surface area (Å²) >= 11 is 0. The number of carboxylic acids is 1. The summed E-state index contributed by atoms with van der Waals surface area (Å²) in [6.07, 6.45) is 4.73. The minimum Gasteiger partial charge on any atom is -0.477 e. The molecular weight excluding hydrogens is 451 g/mol. The van der Waals surface area contributed by atoms with Gasteiger partial charge in [-0.25, -0.2) is 9.18 Å². The first-order valence-corrected chi connectivity index (χ1v) is 12.1. The van der Waals surface area contributed by atoms with E-state index >= 15 is 0 Å². The van der Waals surface area contributed by atoms with Crippen molar-refractivity contribution in [2.45, 2.75) is 26.2 Å². The number of hydrogen-bond acceptors (Lipinski definition) is 1. The van der Waals surface area contributed by atoms with E-state index in [0.29, 0.717) is 22.3 Å². The van der Waals surface area contributed by atoms with Crippen LogP contribution in [0.25, 0.3) is 44.9 Å². The second kappa shape index (κ2) is 8.38. The van der Waals surface area contributed by atoms with Crippen LogP contribution in [0.1, 0.15) is 52.5 Å². The topological polar surface area (TPSA) is 68.9 Å². The molecule has 0 amide bonds. The summed E-state index contributed by atoms with van der Waals surface area (Å²) in [6.45, 7) is 4.09. The van der Waals surface area contributed by atoms with Crippen LogP contribution in [0.3, 0.4) is 0 Å². The van der Waals surface area contributed by atoms with Crippen LogP contribution in [-0.4, -0.2) is 21.0 Å². The number of aromatic carboxylic acids is 1. The number of rotatable bonds is 5. The largest absolute Gasteiger partial charge is 0.477 e. The highest BCUT2D eigenvalue weighted by molar-refractivity contribution is 6.04. The van der Waals surface area contributed by atoms with Crippen molar-refractivity contribution in [2.75, 3.05) is 0 Å². The van der Waals surface area contributed by atoms with E-state index in [2.05, 4.69) is 34.2 Å². The SMILES string of the molecule is CC(C)c1c(-c2cc(F)cc3[nH]ccc23)[nH]c(C(=O)O)c1-c1cccc2c1C=C(c1ccccc1)C2. The van der Waals surface area contributed by atoms with Gasteiger partial charge >= 0.3 is 5.97 Å². The Kier molecular flexibility index (Phi) is 5.15. The predicted molar refractivity (Wildman–Crippen MR) is 143 cm³/mol. The number of fused-ring (bicyclic) bond motifs is 2. The Balaban J connectivity index is 1.63. The molecule has 178 valence electrons. The number of carboxylic acid groups (broad SMARTS) is 1. The van der Waals surface area contributed by atoms with Gasteiger partial charge in [-0.15, -0.1) is 0 Å². The zero-order valence-corrected chi connectivity index (χ0v) is 20.0. The van der Waals surface area contributed by atoms with Crippen molar-refractivity contribution in [3.8, 4) is 22.4 Å². The molecule has 0 bridgehead atoms. The summed E-state index contributed by atoms with van der Waals surface area (Å²) in [5.41, 5.74) is 9.07. The number of nitrogens with one attached hydrogen (secondary N) is 2. The minimum atomic E-state index is -1.04. The Labute approximate surface area is 208 Å². The summed E-state index contributed by atoms with van der Waals surface area (Å²) in [5.74, 6) is -1.42. The summed E-state index contributed by atoms with van der Waals surface area (Å²) in [6, 6.07) is 21.2. The number of hydrogen-bond donors (Lipinski definition) is 3. The molecule has 4 nitrogen and oxygen atoms in total. The summed E-state index contributed by atoms with van der Waals surface area (Å²) in [4.78, 5) is 18.8. The number of H-pyrrole nitrogens is 2. The lowest BCUT2D eigenvalue weighted by atomic mass is 9.87. The smallest absolute Gasteiger partial charge is 0.352 e. The van der Waals surface area contributed by atoms with E-state index in [-0.39, 0.29) is 17.4 Å². The molecule has 0 spiro atoms. The van der Waals surface area contributed by atoms with Crippen LogP contribution >= 0.6 is 0 Å². The van der Waals surface area contributed by atoms with E-state index in [1.165, 1.54) is 23.3 Å². The summed E-state index contributed by atoms with van der Waals surface area (Å²) in [5, 5.41) is 11.1. The van der Waals surface area contributed by atoms with Crippen LogP contribution in [0, 0.1) is 5.82 Å². The molecule has 0 radical (unpaired) electrons. The predicted octanol–water partition coefficient (Wildman–Crippen LogP) is 7.89. The molecule has 0 aliphatic heterocycles. The molecule has 0 atom stereocenters. The van der Waals surface area contributed by atoms with Gasteiger partial charge < -0.3 is 15.1 Å². The molecule has 6 rings (SSSR count). The van der Waals surface area contributed by atoms with Crippen molar-refractivity contribution in [3.05, 3.63) is 107 Å². The average molecular weight is 477 g/mol. The second-order valence-corrected chi connectivity index (χ2v) is 9.61. The fourth-order valence-electron chi connectivity index (χ4n) is 5.51. The van der Waals surface area contributed by atoms with Gasteiger partial charge in [0.05, 0.1) is 5.69 Å². The van der Waals surface area contributed by atoms with E-state index in [9.17, 15) is 14.3 Å². The number of aromatic nitrogens is 2. The first-order chi connectivity index (χ1) is 17.4. The van der Waals surface area contributed by atoms with Crippen molar-refractivity contribution in [1.29, 1.82) is 0 Å². The Bertz CT molecular complexity index is 1670. The Morgan fingerprint density at radius 1 is 1.00 bits per heavy atom. The van der Waals surface area contributed by atoms with Crippen molar-refractivity contribution in [3.63, 3.8) is 0 Å². The van der Waals surface area contributed by atoms with Crippen LogP contribution in [0.2, 0.25) is 0 Å². The first kappa shape index (κ1) is 22.1. The van der Waals surface area contributed by atoms with Gasteiger partial charge in [-0.2, -0.15) is 0 Å². The van der Waals surface area contributed by atoms with E-state index in [1.807, 2.05) is 50.2 Å². The molecule has 1 aliphatic rings. The molecule has 1 aliphatic carbocycles. The first-order valence-electron chi connectivity index (χ1n) is 12.1. The minimum absolute atomic E-state index is 0.00792.